The number of rotatable bonds is 7. The van der Waals surface area contributed by atoms with Crippen LogP contribution in [0.1, 0.15) is 48.9 Å². The standard InChI is InChI=1S/C16H28N2S/c1-12(2)9-17-10-13(3)18-11-15-8-14-6-4-5-7-16(14)19-15/h8,12-13,17-18H,4-7,9-11H2,1-3H3. The summed E-state index contributed by atoms with van der Waals surface area (Å²) in [5.74, 6) is 0.733. The lowest BCUT2D eigenvalue weighted by molar-refractivity contribution is 0.473. The summed E-state index contributed by atoms with van der Waals surface area (Å²) in [4.78, 5) is 3.16. The van der Waals surface area contributed by atoms with Crippen LogP contribution in [-0.4, -0.2) is 19.1 Å². The molecule has 1 aliphatic carbocycles. The van der Waals surface area contributed by atoms with Crippen molar-refractivity contribution in [2.75, 3.05) is 13.1 Å². The molecule has 0 spiro atoms. The molecule has 1 aromatic heterocycles. The van der Waals surface area contributed by atoms with Gasteiger partial charge in [-0.1, -0.05) is 13.8 Å². The van der Waals surface area contributed by atoms with Gasteiger partial charge in [0.2, 0.25) is 0 Å². The van der Waals surface area contributed by atoms with Gasteiger partial charge in [-0.15, -0.1) is 11.3 Å². The van der Waals surface area contributed by atoms with Crippen LogP contribution < -0.4 is 10.6 Å². The number of hydrogen-bond acceptors (Lipinski definition) is 3. The SMILES string of the molecule is CC(C)CNCC(C)NCc1cc2c(s1)CCCC2. The van der Waals surface area contributed by atoms with Crippen LogP contribution in [0.2, 0.25) is 0 Å². The average Bonchev–Trinajstić information content (AvgIpc) is 2.78. The van der Waals surface area contributed by atoms with Crippen molar-refractivity contribution in [3.8, 4) is 0 Å². The predicted octanol–water partition coefficient (Wildman–Crippen LogP) is 3.35. The summed E-state index contributed by atoms with van der Waals surface area (Å²) in [6.45, 7) is 9.97. The third-order valence-corrected chi connectivity index (χ3v) is 4.91. The molecule has 19 heavy (non-hydrogen) atoms. The van der Waals surface area contributed by atoms with Crippen LogP contribution in [0, 0.1) is 5.92 Å². The van der Waals surface area contributed by atoms with Crippen LogP contribution in [0.3, 0.4) is 0 Å². The summed E-state index contributed by atoms with van der Waals surface area (Å²) >= 11 is 2.02. The van der Waals surface area contributed by atoms with Gasteiger partial charge in [0.25, 0.3) is 0 Å². The fraction of sp³-hybridized carbons (Fsp3) is 0.750. The van der Waals surface area contributed by atoms with Crippen molar-refractivity contribution in [1.29, 1.82) is 0 Å². The zero-order chi connectivity index (χ0) is 13.7. The van der Waals surface area contributed by atoms with Gasteiger partial charge in [-0.3, -0.25) is 0 Å². The minimum Gasteiger partial charge on any atom is -0.315 e. The van der Waals surface area contributed by atoms with Crippen molar-refractivity contribution in [1.82, 2.24) is 10.6 Å². The third kappa shape index (κ3) is 4.90. The summed E-state index contributed by atoms with van der Waals surface area (Å²) in [5, 5.41) is 7.14. The summed E-state index contributed by atoms with van der Waals surface area (Å²) < 4.78 is 0. The molecule has 2 nitrogen and oxygen atoms in total. The number of aryl methyl sites for hydroxylation is 2. The van der Waals surface area contributed by atoms with Gasteiger partial charge < -0.3 is 10.6 Å². The van der Waals surface area contributed by atoms with Crippen molar-refractivity contribution in [2.24, 2.45) is 5.92 Å². The van der Waals surface area contributed by atoms with E-state index >= 15 is 0 Å². The molecule has 1 heterocycles. The van der Waals surface area contributed by atoms with Gasteiger partial charge in [-0.2, -0.15) is 0 Å². The van der Waals surface area contributed by atoms with E-state index in [0.717, 1.165) is 25.6 Å². The van der Waals surface area contributed by atoms with Crippen LogP contribution in [0.25, 0.3) is 0 Å². The van der Waals surface area contributed by atoms with E-state index in [1.54, 1.807) is 10.4 Å². The molecule has 0 fully saturated rings. The Hall–Kier alpha value is -0.380. The largest absolute Gasteiger partial charge is 0.315 e. The summed E-state index contributed by atoms with van der Waals surface area (Å²) in [5.41, 5.74) is 1.62. The van der Waals surface area contributed by atoms with Gasteiger partial charge in [-0.25, -0.2) is 0 Å². The highest BCUT2D eigenvalue weighted by Gasteiger charge is 2.13. The quantitative estimate of drug-likeness (QED) is 0.800. The first-order valence-corrected chi connectivity index (χ1v) is 8.51. The number of thiophene rings is 1. The molecule has 3 heteroatoms. The Morgan fingerprint density at radius 2 is 1.95 bits per heavy atom. The molecule has 0 radical (unpaired) electrons. The highest BCUT2D eigenvalue weighted by atomic mass is 32.1. The second-order valence-electron chi connectivity index (χ2n) is 6.20. The van der Waals surface area contributed by atoms with E-state index in [0.29, 0.717) is 6.04 Å². The summed E-state index contributed by atoms with van der Waals surface area (Å²) in [7, 11) is 0. The Balaban J connectivity index is 1.71. The lowest BCUT2D eigenvalue weighted by Gasteiger charge is -2.15. The van der Waals surface area contributed by atoms with Crippen molar-refractivity contribution in [3.05, 3.63) is 21.4 Å². The summed E-state index contributed by atoms with van der Waals surface area (Å²) in [6, 6.07) is 2.97. The van der Waals surface area contributed by atoms with Gasteiger partial charge in [0.1, 0.15) is 0 Å². The summed E-state index contributed by atoms with van der Waals surface area (Å²) in [6.07, 6.45) is 5.38. The van der Waals surface area contributed by atoms with Gasteiger partial charge in [0, 0.05) is 28.9 Å². The molecule has 108 valence electrons. The lowest BCUT2D eigenvalue weighted by atomic mass is 9.99. The van der Waals surface area contributed by atoms with E-state index in [1.807, 2.05) is 11.3 Å². The van der Waals surface area contributed by atoms with Crippen LogP contribution in [0.4, 0.5) is 0 Å². The lowest BCUT2D eigenvalue weighted by Crippen LogP contribution is -2.37. The van der Waals surface area contributed by atoms with Crippen molar-refractivity contribution >= 4 is 11.3 Å². The molecule has 0 amide bonds. The van der Waals surface area contributed by atoms with Gasteiger partial charge in [0.15, 0.2) is 0 Å². The highest BCUT2D eigenvalue weighted by Crippen LogP contribution is 2.29. The van der Waals surface area contributed by atoms with E-state index in [4.69, 9.17) is 0 Å². The van der Waals surface area contributed by atoms with Crippen LogP contribution in [0.15, 0.2) is 6.07 Å². The molecule has 1 aliphatic rings. The Morgan fingerprint density at radius 3 is 2.68 bits per heavy atom. The Labute approximate surface area is 122 Å². The number of hydrogen-bond donors (Lipinski definition) is 2. The number of nitrogens with one attached hydrogen (secondary N) is 2. The van der Waals surface area contributed by atoms with Gasteiger partial charge >= 0.3 is 0 Å². The Morgan fingerprint density at radius 1 is 1.16 bits per heavy atom. The second kappa shape index (κ2) is 7.41. The zero-order valence-corrected chi connectivity index (χ0v) is 13.4. The first-order valence-electron chi connectivity index (χ1n) is 7.69. The average molecular weight is 280 g/mol. The van der Waals surface area contributed by atoms with Crippen molar-refractivity contribution in [2.45, 2.75) is 59.0 Å². The minimum absolute atomic E-state index is 0.540. The molecule has 0 saturated carbocycles. The zero-order valence-electron chi connectivity index (χ0n) is 12.6. The topological polar surface area (TPSA) is 24.1 Å². The molecule has 0 bridgehead atoms. The molecule has 0 saturated heterocycles. The third-order valence-electron chi connectivity index (χ3n) is 3.68. The van der Waals surface area contributed by atoms with E-state index < -0.39 is 0 Å². The van der Waals surface area contributed by atoms with E-state index in [9.17, 15) is 0 Å². The molecular weight excluding hydrogens is 252 g/mol. The second-order valence-corrected chi connectivity index (χ2v) is 7.42. The van der Waals surface area contributed by atoms with Crippen LogP contribution in [0.5, 0.6) is 0 Å². The maximum Gasteiger partial charge on any atom is 0.0302 e. The van der Waals surface area contributed by atoms with E-state index in [1.165, 1.54) is 30.6 Å². The van der Waals surface area contributed by atoms with Crippen LogP contribution in [-0.2, 0) is 19.4 Å². The maximum absolute atomic E-state index is 3.63. The molecule has 1 aromatic rings. The number of fused-ring (bicyclic) bond motifs is 1. The molecule has 2 rings (SSSR count). The molecule has 1 atom stereocenters. The van der Waals surface area contributed by atoms with Gasteiger partial charge in [0.05, 0.1) is 0 Å². The molecule has 0 aromatic carbocycles. The van der Waals surface area contributed by atoms with E-state index in [-0.39, 0.29) is 0 Å². The van der Waals surface area contributed by atoms with Crippen molar-refractivity contribution in [3.63, 3.8) is 0 Å². The highest BCUT2D eigenvalue weighted by molar-refractivity contribution is 7.12. The molecule has 2 N–H and O–H groups in total. The monoisotopic (exact) mass is 280 g/mol. The van der Waals surface area contributed by atoms with Crippen molar-refractivity contribution < 1.29 is 0 Å². The van der Waals surface area contributed by atoms with E-state index in [2.05, 4.69) is 37.5 Å². The molecule has 1 unspecified atom stereocenters. The fourth-order valence-electron chi connectivity index (χ4n) is 2.57. The normalized spacial score (nSPS) is 16.6. The Bertz CT molecular complexity index is 361. The van der Waals surface area contributed by atoms with Crippen LogP contribution >= 0.6 is 11.3 Å². The smallest absolute Gasteiger partial charge is 0.0302 e. The fourth-order valence-corrected chi connectivity index (χ4v) is 3.79. The minimum atomic E-state index is 0.540. The molecular formula is C16H28N2S. The predicted molar refractivity (Wildman–Crippen MR) is 85.0 cm³/mol. The molecule has 0 aliphatic heterocycles. The Kier molecular flexibility index (Phi) is 5.86. The first kappa shape index (κ1) is 15.0. The van der Waals surface area contributed by atoms with Gasteiger partial charge in [-0.05, 0) is 56.7 Å². The first-order chi connectivity index (χ1) is 9.15. The maximum atomic E-state index is 3.63.